The van der Waals surface area contributed by atoms with Crippen molar-refractivity contribution in [3.8, 4) is 5.75 Å². The third-order valence-corrected chi connectivity index (χ3v) is 7.13. The Balaban J connectivity index is 1.79. The zero-order valence-corrected chi connectivity index (χ0v) is 24.9. The van der Waals surface area contributed by atoms with E-state index in [0.717, 1.165) is 29.6 Å². The maximum atomic E-state index is 13.0. The Morgan fingerprint density at radius 3 is 2.08 bits per heavy atom. The van der Waals surface area contributed by atoms with E-state index >= 15 is 0 Å². The van der Waals surface area contributed by atoms with E-state index in [9.17, 15) is 4.79 Å². The molecule has 0 saturated heterocycles. The molecule has 0 radical (unpaired) electrons. The molecule has 38 heavy (non-hydrogen) atoms. The van der Waals surface area contributed by atoms with Gasteiger partial charge in [-0.1, -0.05) is 108 Å². The molecule has 0 aliphatic rings. The molecule has 2 aromatic carbocycles. The summed E-state index contributed by atoms with van der Waals surface area (Å²) in [6, 6.07) is 18.7. The number of hydrogen-bond acceptors (Lipinski definition) is 3. The molecule has 0 spiro atoms. The fraction of sp³-hybridized carbons (Fsp3) is 0.618. The minimum atomic E-state index is -0.553. The first-order chi connectivity index (χ1) is 18.3. The summed E-state index contributed by atoms with van der Waals surface area (Å²) < 4.78 is 12.8. The van der Waals surface area contributed by atoms with Crippen molar-refractivity contribution in [2.24, 2.45) is 5.92 Å². The van der Waals surface area contributed by atoms with Gasteiger partial charge < -0.3 is 14.0 Å². The number of unbranched alkanes of at least 4 members (excludes halogenated alkanes) is 8. The quantitative estimate of drug-likeness (QED) is 0.0752. The van der Waals surface area contributed by atoms with Crippen LogP contribution >= 0.6 is 0 Å². The maximum Gasteiger partial charge on any atom is 0.317 e. The predicted molar refractivity (Wildman–Crippen MR) is 159 cm³/mol. The molecule has 0 bridgehead atoms. The highest BCUT2D eigenvalue weighted by Crippen LogP contribution is 2.21. The lowest BCUT2D eigenvalue weighted by atomic mass is 10.0. The van der Waals surface area contributed by atoms with Crippen molar-refractivity contribution >= 4 is 5.97 Å². The van der Waals surface area contributed by atoms with Crippen LogP contribution in [0, 0.1) is 5.92 Å². The van der Waals surface area contributed by atoms with E-state index in [1.165, 1.54) is 68.9 Å². The molecule has 0 heterocycles. The molecule has 4 heteroatoms. The van der Waals surface area contributed by atoms with Crippen LogP contribution in [0.4, 0.5) is 0 Å². The van der Waals surface area contributed by atoms with Crippen LogP contribution in [0.3, 0.4) is 0 Å². The van der Waals surface area contributed by atoms with Crippen molar-refractivity contribution < 1.29 is 18.8 Å². The summed E-state index contributed by atoms with van der Waals surface area (Å²) in [5.41, 5.74) is 2.56. The zero-order chi connectivity index (χ0) is 27.6. The minimum absolute atomic E-state index is 0.187. The number of nitrogens with zero attached hydrogens (tertiary/aromatic N) is 1. The lowest BCUT2D eigenvalue weighted by Gasteiger charge is -2.32. The van der Waals surface area contributed by atoms with Gasteiger partial charge in [-0.15, -0.1) is 0 Å². The van der Waals surface area contributed by atoms with Gasteiger partial charge in [-0.05, 0) is 43.9 Å². The topological polar surface area (TPSA) is 35.5 Å². The molecule has 4 nitrogen and oxygen atoms in total. The van der Waals surface area contributed by atoms with Crippen molar-refractivity contribution in [2.75, 3.05) is 20.6 Å². The van der Waals surface area contributed by atoms with Crippen LogP contribution in [-0.2, 0) is 22.5 Å². The average Bonchev–Trinajstić information content (AvgIpc) is 2.88. The summed E-state index contributed by atoms with van der Waals surface area (Å²) in [5, 5.41) is 0. The van der Waals surface area contributed by atoms with E-state index < -0.39 is 6.29 Å². The number of rotatable bonds is 20. The molecule has 0 amide bonds. The Labute approximate surface area is 233 Å². The smallest absolute Gasteiger partial charge is 0.317 e. The first-order valence-corrected chi connectivity index (χ1v) is 15.1. The van der Waals surface area contributed by atoms with Crippen LogP contribution in [0.5, 0.6) is 5.75 Å². The van der Waals surface area contributed by atoms with E-state index in [-0.39, 0.29) is 11.9 Å². The van der Waals surface area contributed by atoms with E-state index in [1.807, 2.05) is 19.1 Å². The number of quaternary nitrogens is 1. The standard InChI is InChI=1S/C34H54NO3/c1-6-8-9-10-11-12-13-14-16-21-30-24-19-25-32(26-30)37-33(20-7-2)38-34(36)29(3)27-35(4,5)28-31-22-17-15-18-23-31/h15,17-19,22-26,29,33H,6-14,16,20-21,27-28H2,1-5H3/q+1. The van der Waals surface area contributed by atoms with Crippen LogP contribution in [0.15, 0.2) is 54.6 Å². The fourth-order valence-electron chi connectivity index (χ4n) is 5.15. The summed E-state index contributed by atoms with van der Waals surface area (Å²) in [7, 11) is 4.33. The van der Waals surface area contributed by atoms with Gasteiger partial charge in [0.05, 0.1) is 20.6 Å². The van der Waals surface area contributed by atoms with E-state index in [1.54, 1.807) is 0 Å². The molecule has 0 N–H and O–H groups in total. The molecule has 2 rings (SSSR count). The first kappa shape index (κ1) is 31.9. The van der Waals surface area contributed by atoms with Gasteiger partial charge in [0, 0.05) is 12.0 Å². The average molecular weight is 525 g/mol. The lowest BCUT2D eigenvalue weighted by Crippen LogP contribution is -2.44. The highest BCUT2D eigenvalue weighted by molar-refractivity contribution is 5.72. The molecule has 0 saturated carbocycles. The number of aryl methyl sites for hydroxylation is 1. The van der Waals surface area contributed by atoms with Gasteiger partial charge in [-0.25, -0.2) is 0 Å². The second-order valence-corrected chi connectivity index (χ2v) is 11.7. The number of carbonyl (C=O) groups is 1. The Hall–Kier alpha value is -2.33. The number of ether oxygens (including phenoxy) is 2. The highest BCUT2D eigenvalue weighted by atomic mass is 16.7. The third-order valence-electron chi connectivity index (χ3n) is 7.13. The molecule has 0 aromatic heterocycles. The van der Waals surface area contributed by atoms with Crippen LogP contribution in [0.25, 0.3) is 0 Å². The number of benzene rings is 2. The summed E-state index contributed by atoms with van der Waals surface area (Å²) in [6.07, 6.45) is 14.1. The van der Waals surface area contributed by atoms with Gasteiger partial charge in [0.2, 0.25) is 6.29 Å². The number of carbonyl (C=O) groups excluding carboxylic acids is 1. The van der Waals surface area contributed by atoms with Gasteiger partial charge in [-0.3, -0.25) is 4.79 Å². The highest BCUT2D eigenvalue weighted by Gasteiger charge is 2.28. The second kappa shape index (κ2) is 18.0. The Bertz CT molecular complexity index is 896. The van der Waals surface area contributed by atoms with E-state index in [4.69, 9.17) is 9.47 Å². The molecule has 2 unspecified atom stereocenters. The normalized spacial score (nSPS) is 13.2. The summed E-state index contributed by atoms with van der Waals surface area (Å²) >= 11 is 0. The molecular weight excluding hydrogens is 470 g/mol. The molecule has 212 valence electrons. The molecule has 0 aliphatic heterocycles. The third kappa shape index (κ3) is 13.5. The predicted octanol–water partition coefficient (Wildman–Crippen LogP) is 8.72. The van der Waals surface area contributed by atoms with E-state index in [0.29, 0.717) is 13.0 Å². The number of hydrogen-bond donors (Lipinski definition) is 0. The van der Waals surface area contributed by atoms with Crippen molar-refractivity contribution in [3.05, 3.63) is 65.7 Å². The van der Waals surface area contributed by atoms with Gasteiger partial charge in [0.1, 0.15) is 18.2 Å². The van der Waals surface area contributed by atoms with Crippen LogP contribution < -0.4 is 4.74 Å². The van der Waals surface area contributed by atoms with Crippen LogP contribution in [0.1, 0.15) is 103 Å². The Kier molecular flexibility index (Phi) is 15.1. The Morgan fingerprint density at radius 2 is 1.42 bits per heavy atom. The van der Waals surface area contributed by atoms with Gasteiger partial charge in [-0.2, -0.15) is 0 Å². The van der Waals surface area contributed by atoms with E-state index in [2.05, 4.69) is 70.4 Å². The largest absolute Gasteiger partial charge is 0.455 e. The van der Waals surface area contributed by atoms with Gasteiger partial charge in [0.15, 0.2) is 0 Å². The van der Waals surface area contributed by atoms with Crippen molar-refractivity contribution in [1.82, 2.24) is 0 Å². The minimum Gasteiger partial charge on any atom is -0.455 e. The summed E-state index contributed by atoms with van der Waals surface area (Å²) in [6.45, 7) is 7.90. The molecule has 2 aromatic rings. The molecule has 0 fully saturated rings. The maximum absolute atomic E-state index is 13.0. The lowest BCUT2D eigenvalue weighted by molar-refractivity contribution is -0.905. The SMILES string of the molecule is CCCCCCCCCCCc1cccc(OC(CCC)OC(=O)C(C)C[N+](C)(C)Cc2ccccc2)c1. The molecule has 2 atom stereocenters. The van der Waals surface area contributed by atoms with Crippen molar-refractivity contribution in [1.29, 1.82) is 0 Å². The fourth-order valence-corrected chi connectivity index (χ4v) is 5.15. The van der Waals surface area contributed by atoms with Crippen molar-refractivity contribution in [2.45, 2.75) is 111 Å². The van der Waals surface area contributed by atoms with Gasteiger partial charge >= 0.3 is 5.97 Å². The Morgan fingerprint density at radius 1 is 0.789 bits per heavy atom. The zero-order valence-electron chi connectivity index (χ0n) is 24.9. The van der Waals surface area contributed by atoms with Crippen LogP contribution in [0.2, 0.25) is 0 Å². The summed E-state index contributed by atoms with van der Waals surface area (Å²) in [4.78, 5) is 13.0. The van der Waals surface area contributed by atoms with Gasteiger partial charge in [0.25, 0.3) is 0 Å². The second-order valence-electron chi connectivity index (χ2n) is 11.7. The first-order valence-electron chi connectivity index (χ1n) is 15.1. The monoisotopic (exact) mass is 524 g/mol. The van der Waals surface area contributed by atoms with Crippen LogP contribution in [-0.4, -0.2) is 37.4 Å². The van der Waals surface area contributed by atoms with Crippen molar-refractivity contribution in [3.63, 3.8) is 0 Å². The summed E-state index contributed by atoms with van der Waals surface area (Å²) in [5.74, 6) is 0.390. The molecular formula is C34H54NO3+. The molecule has 0 aliphatic carbocycles. The number of esters is 1.